The number of benzene rings is 1. The summed E-state index contributed by atoms with van der Waals surface area (Å²) < 4.78 is 5.06. The molecule has 1 aromatic carbocycles. The maximum atomic E-state index is 10.0. The van der Waals surface area contributed by atoms with Gasteiger partial charge in [-0.05, 0) is 24.6 Å². The van der Waals surface area contributed by atoms with Gasteiger partial charge in [0.25, 0.3) is 0 Å². The molecule has 0 saturated carbocycles. The van der Waals surface area contributed by atoms with Gasteiger partial charge in [-0.2, -0.15) is 0 Å². The van der Waals surface area contributed by atoms with E-state index in [1.54, 1.807) is 18.3 Å². The largest absolute Gasteiger partial charge is 0.504 e. The molecule has 0 aliphatic rings. The molecule has 2 N–H and O–H groups in total. The summed E-state index contributed by atoms with van der Waals surface area (Å²) in [5, 5.41) is 14.0. The number of pyridine rings is 1. The monoisotopic (exact) mass is 312 g/mol. The second-order valence-electron chi connectivity index (χ2n) is 4.32. The molecule has 2 rings (SSSR count). The number of rotatable bonds is 4. The first kappa shape index (κ1) is 14.8. The van der Waals surface area contributed by atoms with E-state index in [-0.39, 0.29) is 5.75 Å². The fourth-order valence-corrected chi connectivity index (χ4v) is 2.19. The summed E-state index contributed by atoms with van der Waals surface area (Å²) in [6.45, 7) is 2.28. The maximum Gasteiger partial charge on any atom is 0.162 e. The van der Waals surface area contributed by atoms with Gasteiger partial charge in [0.2, 0.25) is 0 Å². The van der Waals surface area contributed by atoms with Crippen LogP contribution in [-0.2, 0) is 6.54 Å². The van der Waals surface area contributed by atoms with E-state index in [1.165, 1.54) is 7.11 Å². The number of aromatic hydroxyl groups is 1. The number of aromatic nitrogens is 1. The van der Waals surface area contributed by atoms with E-state index < -0.39 is 0 Å². The fraction of sp³-hybridized carbons (Fsp3) is 0.214. The zero-order valence-electron chi connectivity index (χ0n) is 11.1. The van der Waals surface area contributed by atoms with Crippen LogP contribution >= 0.6 is 23.2 Å². The Morgan fingerprint density at radius 1 is 1.30 bits per heavy atom. The van der Waals surface area contributed by atoms with Gasteiger partial charge in [-0.3, -0.25) is 0 Å². The Hall–Kier alpha value is -1.65. The summed E-state index contributed by atoms with van der Waals surface area (Å²) in [6, 6.07) is 5.11. The number of ether oxygens (including phenoxy) is 1. The van der Waals surface area contributed by atoms with Crippen molar-refractivity contribution in [1.82, 2.24) is 4.98 Å². The lowest BCUT2D eigenvalue weighted by atomic mass is 10.1. The lowest BCUT2D eigenvalue weighted by molar-refractivity contribution is 0.371. The first-order valence-corrected chi connectivity index (χ1v) is 6.68. The van der Waals surface area contributed by atoms with Gasteiger partial charge in [0, 0.05) is 29.4 Å². The van der Waals surface area contributed by atoms with Crippen LogP contribution in [0.1, 0.15) is 11.1 Å². The molecule has 0 atom stereocenters. The molecule has 0 fully saturated rings. The van der Waals surface area contributed by atoms with Crippen molar-refractivity contribution >= 4 is 28.9 Å². The Balaban J connectivity index is 2.23. The third-order valence-corrected chi connectivity index (χ3v) is 3.30. The average Bonchev–Trinajstić information content (AvgIpc) is 2.42. The minimum Gasteiger partial charge on any atom is -0.504 e. The number of hydrogen-bond donors (Lipinski definition) is 2. The number of phenols is 1. The molecule has 0 amide bonds. The predicted molar refractivity (Wildman–Crippen MR) is 81.0 cm³/mol. The van der Waals surface area contributed by atoms with E-state index in [0.717, 1.165) is 5.56 Å². The fourth-order valence-electron chi connectivity index (χ4n) is 1.79. The topological polar surface area (TPSA) is 54.4 Å². The highest BCUT2D eigenvalue weighted by Crippen LogP contribution is 2.34. The number of anilines is 1. The molecule has 2 aromatic rings. The molecule has 0 unspecified atom stereocenters. The summed E-state index contributed by atoms with van der Waals surface area (Å²) in [7, 11) is 1.48. The summed E-state index contributed by atoms with van der Waals surface area (Å²) in [5.74, 6) is 0.392. The molecule has 1 heterocycles. The number of hydrogen-bond acceptors (Lipinski definition) is 4. The van der Waals surface area contributed by atoms with Crippen LogP contribution < -0.4 is 10.1 Å². The molecule has 0 aliphatic heterocycles. The van der Waals surface area contributed by atoms with E-state index >= 15 is 0 Å². The van der Waals surface area contributed by atoms with Crippen molar-refractivity contribution in [3.63, 3.8) is 0 Å². The number of halogens is 2. The number of methoxy groups -OCH3 is 1. The molecular formula is C14H14Cl2N2O2. The van der Waals surface area contributed by atoms with E-state index in [2.05, 4.69) is 10.3 Å². The minimum absolute atomic E-state index is 0.0566. The van der Waals surface area contributed by atoms with Gasteiger partial charge in [0.05, 0.1) is 12.8 Å². The van der Waals surface area contributed by atoms with Crippen molar-refractivity contribution in [3.05, 3.63) is 45.7 Å². The van der Waals surface area contributed by atoms with Gasteiger partial charge >= 0.3 is 0 Å². The van der Waals surface area contributed by atoms with Gasteiger partial charge in [-0.15, -0.1) is 0 Å². The quantitative estimate of drug-likeness (QED) is 0.837. The standard InChI is InChI=1S/C14H14Cl2N2O2/c1-8-3-11(14(16)18-6-8)17-7-9-4-10(15)5-12(20-2)13(9)19/h3-6,17,19H,7H2,1-2H3. The van der Waals surface area contributed by atoms with Crippen molar-refractivity contribution in [2.45, 2.75) is 13.5 Å². The van der Waals surface area contributed by atoms with Gasteiger partial charge in [0.1, 0.15) is 0 Å². The van der Waals surface area contributed by atoms with Crippen LogP contribution in [0.4, 0.5) is 5.69 Å². The third kappa shape index (κ3) is 3.26. The Morgan fingerprint density at radius 2 is 2.05 bits per heavy atom. The zero-order chi connectivity index (χ0) is 14.7. The Kier molecular flexibility index (Phi) is 4.57. The van der Waals surface area contributed by atoms with Gasteiger partial charge in [-0.25, -0.2) is 4.98 Å². The summed E-state index contributed by atoms with van der Waals surface area (Å²) >= 11 is 12.0. The maximum absolute atomic E-state index is 10.0. The van der Waals surface area contributed by atoms with Crippen LogP contribution in [-0.4, -0.2) is 17.2 Å². The zero-order valence-corrected chi connectivity index (χ0v) is 12.6. The summed E-state index contributed by atoms with van der Waals surface area (Å²) in [5.41, 5.74) is 2.31. The Labute approximate surface area is 127 Å². The van der Waals surface area contributed by atoms with E-state index in [4.69, 9.17) is 27.9 Å². The molecule has 4 nitrogen and oxygen atoms in total. The molecule has 0 saturated heterocycles. The summed E-state index contributed by atoms with van der Waals surface area (Å²) in [6.07, 6.45) is 1.69. The van der Waals surface area contributed by atoms with Crippen molar-refractivity contribution in [3.8, 4) is 11.5 Å². The third-order valence-electron chi connectivity index (χ3n) is 2.78. The smallest absolute Gasteiger partial charge is 0.162 e. The van der Waals surface area contributed by atoms with Crippen LogP contribution in [0, 0.1) is 6.92 Å². The lowest BCUT2D eigenvalue weighted by Crippen LogP contribution is -2.02. The van der Waals surface area contributed by atoms with E-state index in [1.807, 2.05) is 13.0 Å². The number of nitrogens with one attached hydrogen (secondary N) is 1. The highest BCUT2D eigenvalue weighted by atomic mass is 35.5. The SMILES string of the molecule is COc1cc(Cl)cc(CNc2cc(C)cnc2Cl)c1O. The van der Waals surface area contributed by atoms with E-state index in [9.17, 15) is 5.11 Å². The predicted octanol–water partition coefficient (Wildman–Crippen LogP) is 4.02. The highest BCUT2D eigenvalue weighted by Gasteiger charge is 2.10. The second-order valence-corrected chi connectivity index (χ2v) is 5.11. The first-order valence-electron chi connectivity index (χ1n) is 5.92. The van der Waals surface area contributed by atoms with Gasteiger partial charge < -0.3 is 15.2 Å². The van der Waals surface area contributed by atoms with Crippen molar-refractivity contribution in [1.29, 1.82) is 0 Å². The highest BCUT2D eigenvalue weighted by molar-refractivity contribution is 6.32. The molecule has 6 heteroatoms. The molecule has 0 bridgehead atoms. The molecular weight excluding hydrogens is 299 g/mol. The molecule has 0 aliphatic carbocycles. The molecule has 106 valence electrons. The number of phenolic OH excluding ortho intramolecular Hbond substituents is 1. The van der Waals surface area contributed by atoms with Crippen molar-refractivity contribution < 1.29 is 9.84 Å². The van der Waals surface area contributed by atoms with Gasteiger partial charge in [-0.1, -0.05) is 23.2 Å². The van der Waals surface area contributed by atoms with Crippen molar-refractivity contribution in [2.24, 2.45) is 0 Å². The van der Waals surface area contributed by atoms with Crippen molar-refractivity contribution in [2.75, 3.05) is 12.4 Å². The van der Waals surface area contributed by atoms with Crippen LogP contribution in [0.2, 0.25) is 10.2 Å². The molecule has 0 radical (unpaired) electrons. The Bertz CT molecular complexity index is 633. The minimum atomic E-state index is 0.0566. The van der Waals surface area contributed by atoms with E-state index in [0.29, 0.717) is 33.7 Å². The molecule has 1 aromatic heterocycles. The second kappa shape index (κ2) is 6.20. The van der Waals surface area contributed by atoms with Crippen LogP contribution in [0.5, 0.6) is 11.5 Å². The number of aryl methyl sites for hydroxylation is 1. The summed E-state index contributed by atoms with van der Waals surface area (Å²) in [4.78, 5) is 4.05. The molecule has 20 heavy (non-hydrogen) atoms. The lowest BCUT2D eigenvalue weighted by Gasteiger charge is -2.12. The first-order chi connectivity index (χ1) is 9.51. The average molecular weight is 313 g/mol. The van der Waals surface area contributed by atoms with Gasteiger partial charge in [0.15, 0.2) is 16.7 Å². The van der Waals surface area contributed by atoms with Crippen LogP contribution in [0.3, 0.4) is 0 Å². The van der Waals surface area contributed by atoms with Crippen LogP contribution in [0.25, 0.3) is 0 Å². The Morgan fingerprint density at radius 3 is 2.75 bits per heavy atom. The number of nitrogens with zero attached hydrogens (tertiary/aromatic N) is 1. The normalized spacial score (nSPS) is 10.4. The van der Waals surface area contributed by atoms with Crippen LogP contribution in [0.15, 0.2) is 24.4 Å². The molecule has 0 spiro atoms.